The average Bonchev–Trinajstić information content (AvgIpc) is 3.80. The number of pyridine rings is 1. The van der Waals surface area contributed by atoms with E-state index in [1.165, 1.54) is 11.6 Å². The summed E-state index contributed by atoms with van der Waals surface area (Å²) in [5.74, 6) is 1.92. The van der Waals surface area contributed by atoms with Crippen LogP contribution in [0.4, 0.5) is 34.4 Å². The number of piperazine rings is 1. The number of aromatic amines is 1. The van der Waals surface area contributed by atoms with Crippen molar-refractivity contribution in [3.63, 3.8) is 0 Å². The number of nitro benzene ring substituents is 1. The standard InChI is InChI=1S/C60H69N11O11S/c1-36(2)81-51-8-4-3-7-43(51)50-33-68(59-62-32-39-6-5-22-79-57(39)65-59)20-21-69(50)41-30-60(31-41)15-18-67(19-16-60)40-9-10-44(47(27-40)70-46-14-25-78-35-53(46)82-58-49(70)26-38-11-17-61-55(38)64-58)56(72)66-83(75,76)42-28-48(71(73)74)54-52(29-42)80-34-45(63-54)37-12-23-77-24-13-37/h3-4,7-11,17,26-29,32,36-37,41,45-46,50,53,63H,5-6,12-16,18-25,30-31,33-35H2,1-2H3,(H,61,64)(H,66,72)/t45-,46-,50-,53-/m0/s1. The number of nitrogens with zero attached hydrogens (tertiary/aromatic N) is 8. The minimum absolute atomic E-state index is 0.0165. The molecule has 5 fully saturated rings. The van der Waals surface area contributed by atoms with E-state index in [2.05, 4.69) is 66.7 Å². The molecule has 1 amide bonds. The van der Waals surface area contributed by atoms with E-state index in [-0.39, 0.29) is 65.8 Å². The fraction of sp³-hybridized carbons (Fsp3) is 0.500. The van der Waals surface area contributed by atoms with Gasteiger partial charge in [0.2, 0.25) is 17.7 Å². The quantitative estimate of drug-likeness (QED) is 0.0774. The maximum Gasteiger partial charge on any atom is 0.297 e. The van der Waals surface area contributed by atoms with Gasteiger partial charge >= 0.3 is 0 Å². The highest BCUT2D eigenvalue weighted by Crippen LogP contribution is 2.54. The number of aromatic nitrogens is 4. The van der Waals surface area contributed by atoms with Crippen LogP contribution in [0.15, 0.2) is 84.0 Å². The second-order valence-electron chi connectivity index (χ2n) is 23.8. The summed E-state index contributed by atoms with van der Waals surface area (Å²) in [5.41, 5.74) is 4.72. The number of sulfonamides is 1. The average molecular weight is 1150 g/mol. The highest BCUT2D eigenvalue weighted by Gasteiger charge is 2.51. The van der Waals surface area contributed by atoms with Crippen LogP contribution < -0.4 is 43.7 Å². The molecule has 436 valence electrons. The molecule has 3 aromatic carbocycles. The Labute approximate surface area is 481 Å². The summed E-state index contributed by atoms with van der Waals surface area (Å²) in [6, 6.07) is 20.0. The van der Waals surface area contributed by atoms with Crippen molar-refractivity contribution in [3.05, 3.63) is 106 Å². The van der Waals surface area contributed by atoms with E-state index in [0.717, 1.165) is 106 Å². The second-order valence-corrected chi connectivity index (χ2v) is 25.5. The van der Waals surface area contributed by atoms with Crippen LogP contribution in [0.1, 0.15) is 92.7 Å². The summed E-state index contributed by atoms with van der Waals surface area (Å²) >= 11 is 0. The van der Waals surface area contributed by atoms with Gasteiger partial charge in [-0.1, -0.05) is 18.2 Å². The Balaban J connectivity index is 0.739. The molecule has 14 rings (SSSR count). The number of carbonyl (C=O) groups is 1. The number of nitrogens with one attached hydrogen (secondary N) is 3. The van der Waals surface area contributed by atoms with Crippen LogP contribution in [0.25, 0.3) is 11.0 Å². The Morgan fingerprint density at radius 1 is 0.892 bits per heavy atom. The van der Waals surface area contributed by atoms with Gasteiger partial charge in [0, 0.05) is 105 Å². The Kier molecular flexibility index (Phi) is 13.9. The molecule has 7 aliphatic heterocycles. The van der Waals surface area contributed by atoms with Gasteiger partial charge in [0.25, 0.3) is 21.6 Å². The van der Waals surface area contributed by atoms with E-state index in [1.807, 2.05) is 36.5 Å². The molecule has 10 heterocycles. The molecular weight excluding hydrogens is 1080 g/mol. The van der Waals surface area contributed by atoms with Gasteiger partial charge in [-0.05, 0) is 119 Å². The Morgan fingerprint density at radius 3 is 2.55 bits per heavy atom. The number of ether oxygens (including phenoxy) is 6. The number of nitro groups is 1. The maximum absolute atomic E-state index is 14.9. The lowest BCUT2D eigenvalue weighted by Crippen LogP contribution is -2.60. The number of fused-ring (bicyclic) bond motifs is 5. The number of hydrogen-bond acceptors (Lipinski definition) is 19. The van der Waals surface area contributed by atoms with Gasteiger partial charge in [-0.15, -0.1) is 0 Å². The molecule has 6 aromatic rings. The number of amides is 1. The molecule has 1 saturated carbocycles. The molecule has 1 aliphatic carbocycles. The number of H-pyrrole nitrogens is 1. The first-order valence-corrected chi connectivity index (χ1v) is 30.8. The van der Waals surface area contributed by atoms with E-state index in [4.69, 9.17) is 43.4 Å². The minimum atomic E-state index is -4.72. The predicted octanol–water partition coefficient (Wildman–Crippen LogP) is 8.09. The first-order chi connectivity index (χ1) is 40.3. The molecule has 4 atom stereocenters. The molecule has 0 bridgehead atoms. The van der Waals surface area contributed by atoms with Crippen LogP contribution in [0.3, 0.4) is 0 Å². The van der Waals surface area contributed by atoms with Crippen molar-refractivity contribution in [2.24, 2.45) is 11.3 Å². The Morgan fingerprint density at radius 2 is 1.72 bits per heavy atom. The lowest BCUT2D eigenvalue weighted by atomic mass is 9.59. The topological polar surface area (TPSA) is 241 Å². The molecular formula is C60H69N11O11S. The number of para-hydroxylation sites is 1. The lowest BCUT2D eigenvalue weighted by molar-refractivity contribution is -0.384. The monoisotopic (exact) mass is 1150 g/mol. The van der Waals surface area contributed by atoms with Crippen LogP contribution in [0.5, 0.6) is 23.3 Å². The van der Waals surface area contributed by atoms with Crippen molar-refractivity contribution < 1.29 is 46.6 Å². The van der Waals surface area contributed by atoms with Crippen molar-refractivity contribution in [2.75, 3.05) is 92.4 Å². The first kappa shape index (κ1) is 53.5. The molecule has 3 aromatic heterocycles. The largest absolute Gasteiger partial charge is 0.491 e. The van der Waals surface area contributed by atoms with E-state index in [0.29, 0.717) is 80.2 Å². The molecule has 8 aliphatic rings. The zero-order valence-corrected chi connectivity index (χ0v) is 47.5. The third kappa shape index (κ3) is 10.2. The van der Waals surface area contributed by atoms with Crippen LogP contribution in [0, 0.1) is 21.4 Å². The fourth-order valence-corrected chi connectivity index (χ4v) is 15.1. The Bertz CT molecular complexity index is 3580. The molecule has 0 unspecified atom stereocenters. The Hall–Kier alpha value is -7.47. The van der Waals surface area contributed by atoms with Crippen molar-refractivity contribution in [3.8, 4) is 23.3 Å². The zero-order valence-electron chi connectivity index (χ0n) is 46.7. The van der Waals surface area contributed by atoms with Gasteiger partial charge in [0.1, 0.15) is 29.8 Å². The number of piperidine rings is 1. The molecule has 4 saturated heterocycles. The summed E-state index contributed by atoms with van der Waals surface area (Å²) < 4.78 is 67.8. The summed E-state index contributed by atoms with van der Waals surface area (Å²) in [5, 5.41) is 16.7. The molecule has 0 radical (unpaired) electrons. The third-order valence-corrected chi connectivity index (χ3v) is 19.8. The van der Waals surface area contributed by atoms with Crippen molar-refractivity contribution >= 4 is 61.3 Å². The molecule has 23 heteroatoms. The van der Waals surface area contributed by atoms with Gasteiger partial charge in [0.15, 0.2) is 11.4 Å². The van der Waals surface area contributed by atoms with Crippen molar-refractivity contribution in [1.82, 2.24) is 29.6 Å². The predicted molar refractivity (Wildman–Crippen MR) is 309 cm³/mol. The van der Waals surface area contributed by atoms with E-state index in [9.17, 15) is 23.3 Å². The SMILES string of the molecule is CC(C)Oc1ccccc1[C@@H]1CN(c2ncc3c(n2)OCCC3)CCN1C1CC2(CCN(c3ccc(C(=O)NS(=O)(=O)c4cc5c(c([N+](=O)[O-])c4)N[C@H](C4CCOCC4)CO5)c(N4c5cc6cc[nH]c6nc5O[C@H]5COCC[C@@H]54)c3)CC2)C1. The van der Waals surface area contributed by atoms with Crippen LogP contribution in [0.2, 0.25) is 0 Å². The third-order valence-electron chi connectivity index (χ3n) is 18.4. The summed E-state index contributed by atoms with van der Waals surface area (Å²) in [7, 11) is -4.72. The lowest BCUT2D eigenvalue weighted by Gasteiger charge is -2.58. The highest BCUT2D eigenvalue weighted by atomic mass is 32.2. The fourth-order valence-electron chi connectivity index (χ4n) is 14.1. The second kappa shape index (κ2) is 21.6. The summed E-state index contributed by atoms with van der Waals surface area (Å²) in [6.07, 6.45) is 11.3. The van der Waals surface area contributed by atoms with Gasteiger partial charge in [-0.25, -0.2) is 18.1 Å². The first-order valence-electron chi connectivity index (χ1n) is 29.4. The highest BCUT2D eigenvalue weighted by molar-refractivity contribution is 7.90. The number of hydrogen-bond donors (Lipinski definition) is 3. The van der Waals surface area contributed by atoms with Gasteiger partial charge < -0.3 is 53.4 Å². The summed E-state index contributed by atoms with van der Waals surface area (Å²) in [6.45, 7) is 10.8. The van der Waals surface area contributed by atoms with Gasteiger partial charge in [-0.2, -0.15) is 9.97 Å². The number of rotatable bonds is 12. The van der Waals surface area contributed by atoms with Gasteiger partial charge in [0.05, 0.1) is 58.5 Å². The maximum atomic E-state index is 14.9. The van der Waals surface area contributed by atoms with E-state index < -0.39 is 37.5 Å². The number of anilines is 5. The summed E-state index contributed by atoms with van der Waals surface area (Å²) in [4.78, 5) is 53.7. The van der Waals surface area contributed by atoms with E-state index >= 15 is 0 Å². The van der Waals surface area contributed by atoms with E-state index in [1.54, 1.807) is 12.3 Å². The minimum Gasteiger partial charge on any atom is -0.491 e. The van der Waals surface area contributed by atoms with Crippen molar-refractivity contribution in [1.29, 1.82) is 0 Å². The van der Waals surface area contributed by atoms with Crippen molar-refractivity contribution in [2.45, 2.75) is 113 Å². The number of aryl methyl sites for hydroxylation is 1. The van der Waals surface area contributed by atoms with Gasteiger partial charge in [-0.3, -0.25) is 19.8 Å². The molecule has 3 N–H and O–H groups in total. The normalized spacial score (nSPS) is 23.6. The van der Waals surface area contributed by atoms with Crippen LogP contribution in [-0.4, -0.2) is 147 Å². The van der Waals surface area contributed by atoms with Crippen LogP contribution in [-0.2, 0) is 25.9 Å². The number of carbonyl (C=O) groups excluding carboxylic acids is 1. The molecule has 83 heavy (non-hydrogen) atoms. The number of benzene rings is 3. The smallest absolute Gasteiger partial charge is 0.297 e. The van der Waals surface area contributed by atoms with Crippen LogP contribution >= 0.6 is 0 Å². The zero-order chi connectivity index (χ0) is 56.6. The molecule has 1 spiro atoms. The molecule has 22 nitrogen and oxygen atoms in total.